The summed E-state index contributed by atoms with van der Waals surface area (Å²) in [6.07, 6.45) is 0. The van der Waals surface area contributed by atoms with Crippen LogP contribution in [0.25, 0.3) is 0 Å². The molecule has 0 atom stereocenters. The van der Waals surface area contributed by atoms with Crippen LogP contribution in [0.15, 0.2) is 42.5 Å². The van der Waals surface area contributed by atoms with Crippen molar-refractivity contribution in [3.63, 3.8) is 0 Å². The Bertz CT molecular complexity index is 862. The first kappa shape index (κ1) is 21.0. The lowest BCUT2D eigenvalue weighted by Crippen LogP contribution is -2.37. The van der Waals surface area contributed by atoms with Crippen molar-refractivity contribution >= 4 is 23.5 Å². The Balaban J connectivity index is 1.89. The molecule has 0 fully saturated rings. The van der Waals surface area contributed by atoms with Crippen molar-refractivity contribution in [3.8, 4) is 5.75 Å². The number of carbonyl (C=O) groups excluding carboxylic acids is 3. The molecule has 28 heavy (non-hydrogen) atoms. The molecular formula is C21H24N2O5. The Morgan fingerprint density at radius 2 is 1.71 bits per heavy atom. The number of hydrogen-bond acceptors (Lipinski definition) is 5. The Hall–Kier alpha value is -3.35. The highest BCUT2D eigenvalue weighted by atomic mass is 16.5. The summed E-state index contributed by atoms with van der Waals surface area (Å²) >= 11 is 0. The van der Waals surface area contributed by atoms with Gasteiger partial charge in [0.1, 0.15) is 5.75 Å². The summed E-state index contributed by atoms with van der Waals surface area (Å²) in [4.78, 5) is 37.3. The molecule has 0 saturated carbocycles. The summed E-state index contributed by atoms with van der Waals surface area (Å²) < 4.78 is 10.2. The van der Waals surface area contributed by atoms with Gasteiger partial charge < -0.3 is 19.7 Å². The third-order valence-electron chi connectivity index (χ3n) is 4.10. The molecule has 0 aromatic heterocycles. The van der Waals surface area contributed by atoms with E-state index in [-0.39, 0.29) is 25.0 Å². The van der Waals surface area contributed by atoms with Gasteiger partial charge in [-0.25, -0.2) is 4.79 Å². The van der Waals surface area contributed by atoms with E-state index in [0.29, 0.717) is 17.0 Å². The highest BCUT2D eigenvalue weighted by Crippen LogP contribution is 2.20. The molecule has 0 radical (unpaired) electrons. The van der Waals surface area contributed by atoms with Crippen LogP contribution in [0.4, 0.5) is 5.69 Å². The van der Waals surface area contributed by atoms with Crippen LogP contribution < -0.4 is 10.1 Å². The van der Waals surface area contributed by atoms with E-state index >= 15 is 0 Å². The maximum absolute atomic E-state index is 12.3. The molecule has 2 aromatic carbocycles. The van der Waals surface area contributed by atoms with E-state index in [2.05, 4.69) is 10.1 Å². The standard InChI is InChI=1S/C21H24N2O5/c1-14-5-9-17(10-6-14)22-19(24)12-23(3)20(25)13-28-18-11-16(21(26)27-4)8-7-15(18)2/h5-11H,12-13H2,1-4H3,(H,22,24). The first-order valence-corrected chi connectivity index (χ1v) is 8.72. The van der Waals surface area contributed by atoms with E-state index in [1.165, 1.54) is 25.1 Å². The Kier molecular flexibility index (Phi) is 7.14. The van der Waals surface area contributed by atoms with Crippen LogP contribution in [0.1, 0.15) is 21.5 Å². The van der Waals surface area contributed by atoms with E-state index in [1.807, 2.05) is 19.1 Å². The molecule has 0 saturated heterocycles. The number of benzene rings is 2. The molecule has 0 aliphatic carbocycles. The number of likely N-dealkylation sites (N-methyl/N-ethyl adjacent to an activating group) is 1. The minimum absolute atomic E-state index is 0.0999. The summed E-state index contributed by atoms with van der Waals surface area (Å²) in [7, 11) is 2.82. The molecule has 148 valence electrons. The summed E-state index contributed by atoms with van der Waals surface area (Å²) in [5.41, 5.74) is 2.87. The van der Waals surface area contributed by atoms with Gasteiger partial charge in [0.15, 0.2) is 6.61 Å². The molecule has 0 aliphatic heterocycles. The van der Waals surface area contributed by atoms with Crippen LogP contribution in [0, 0.1) is 13.8 Å². The molecular weight excluding hydrogens is 360 g/mol. The number of rotatable bonds is 7. The third-order valence-corrected chi connectivity index (χ3v) is 4.10. The average Bonchev–Trinajstić information content (AvgIpc) is 2.68. The molecule has 2 aromatic rings. The lowest BCUT2D eigenvalue weighted by Gasteiger charge is -2.18. The predicted molar refractivity (Wildman–Crippen MR) is 105 cm³/mol. The van der Waals surface area contributed by atoms with E-state index in [1.54, 1.807) is 31.2 Å². The largest absolute Gasteiger partial charge is 0.483 e. The molecule has 0 unspecified atom stereocenters. The zero-order valence-electron chi connectivity index (χ0n) is 16.4. The zero-order valence-corrected chi connectivity index (χ0v) is 16.4. The molecule has 1 N–H and O–H groups in total. The van der Waals surface area contributed by atoms with Crippen molar-refractivity contribution in [2.75, 3.05) is 32.6 Å². The van der Waals surface area contributed by atoms with Crippen LogP contribution >= 0.6 is 0 Å². The van der Waals surface area contributed by atoms with Gasteiger partial charge >= 0.3 is 5.97 Å². The smallest absolute Gasteiger partial charge is 0.337 e. The zero-order chi connectivity index (χ0) is 20.7. The monoisotopic (exact) mass is 384 g/mol. The minimum atomic E-state index is -0.485. The fourth-order valence-corrected chi connectivity index (χ4v) is 2.39. The highest BCUT2D eigenvalue weighted by Gasteiger charge is 2.15. The number of anilines is 1. The van der Waals surface area contributed by atoms with Gasteiger partial charge in [-0.2, -0.15) is 0 Å². The van der Waals surface area contributed by atoms with Gasteiger partial charge in [-0.3, -0.25) is 9.59 Å². The Morgan fingerprint density at radius 1 is 1.04 bits per heavy atom. The number of hydrogen-bond donors (Lipinski definition) is 1. The van der Waals surface area contributed by atoms with Crippen LogP contribution in [-0.2, 0) is 14.3 Å². The Morgan fingerprint density at radius 3 is 2.36 bits per heavy atom. The second kappa shape index (κ2) is 9.55. The molecule has 2 amide bonds. The van der Waals surface area contributed by atoms with Crippen LogP contribution in [0.3, 0.4) is 0 Å². The molecule has 7 nitrogen and oxygen atoms in total. The van der Waals surface area contributed by atoms with Crippen LogP contribution in [0.5, 0.6) is 5.75 Å². The summed E-state index contributed by atoms with van der Waals surface area (Å²) in [5, 5.41) is 2.74. The summed E-state index contributed by atoms with van der Waals surface area (Å²) in [6.45, 7) is 3.41. The van der Waals surface area contributed by atoms with Crippen molar-refractivity contribution in [3.05, 3.63) is 59.2 Å². The summed E-state index contributed by atoms with van der Waals surface area (Å²) in [6, 6.07) is 12.2. The van der Waals surface area contributed by atoms with Gasteiger partial charge in [-0.05, 0) is 43.7 Å². The van der Waals surface area contributed by atoms with E-state index < -0.39 is 5.97 Å². The van der Waals surface area contributed by atoms with Gasteiger partial charge in [0.05, 0.1) is 19.2 Å². The van der Waals surface area contributed by atoms with Gasteiger partial charge in [-0.15, -0.1) is 0 Å². The molecule has 0 bridgehead atoms. The molecule has 0 heterocycles. The van der Waals surface area contributed by atoms with Crippen molar-refractivity contribution in [1.82, 2.24) is 4.90 Å². The first-order valence-electron chi connectivity index (χ1n) is 8.72. The SMILES string of the molecule is COC(=O)c1ccc(C)c(OCC(=O)N(C)CC(=O)Nc2ccc(C)cc2)c1. The van der Waals surface area contributed by atoms with Gasteiger partial charge in [0.2, 0.25) is 5.91 Å². The number of ether oxygens (including phenoxy) is 2. The average molecular weight is 384 g/mol. The molecule has 0 spiro atoms. The van der Waals surface area contributed by atoms with E-state index in [9.17, 15) is 14.4 Å². The third kappa shape index (κ3) is 5.84. The second-order valence-corrected chi connectivity index (χ2v) is 6.42. The molecule has 7 heteroatoms. The number of carbonyl (C=O) groups is 3. The number of aryl methyl sites for hydroxylation is 2. The topological polar surface area (TPSA) is 84.9 Å². The normalized spacial score (nSPS) is 10.1. The fourth-order valence-electron chi connectivity index (χ4n) is 2.39. The number of esters is 1. The van der Waals surface area contributed by atoms with Crippen LogP contribution in [-0.4, -0.2) is 50.0 Å². The predicted octanol–water partition coefficient (Wildman–Crippen LogP) is 2.57. The van der Waals surface area contributed by atoms with Gasteiger partial charge in [0, 0.05) is 12.7 Å². The maximum Gasteiger partial charge on any atom is 0.337 e. The van der Waals surface area contributed by atoms with Crippen LogP contribution in [0.2, 0.25) is 0 Å². The van der Waals surface area contributed by atoms with Gasteiger partial charge in [0.25, 0.3) is 5.91 Å². The van der Waals surface area contributed by atoms with Crippen molar-refractivity contribution in [2.24, 2.45) is 0 Å². The van der Waals surface area contributed by atoms with Crippen molar-refractivity contribution in [2.45, 2.75) is 13.8 Å². The second-order valence-electron chi connectivity index (χ2n) is 6.42. The number of nitrogens with zero attached hydrogens (tertiary/aromatic N) is 1. The van der Waals surface area contributed by atoms with Gasteiger partial charge in [-0.1, -0.05) is 23.8 Å². The van der Waals surface area contributed by atoms with Crippen molar-refractivity contribution < 1.29 is 23.9 Å². The maximum atomic E-state index is 12.3. The lowest BCUT2D eigenvalue weighted by molar-refractivity contribution is -0.135. The Labute approximate surface area is 164 Å². The van der Waals surface area contributed by atoms with E-state index in [4.69, 9.17) is 4.74 Å². The van der Waals surface area contributed by atoms with E-state index in [0.717, 1.165) is 11.1 Å². The number of nitrogens with one attached hydrogen (secondary N) is 1. The fraction of sp³-hybridized carbons (Fsp3) is 0.286. The number of amides is 2. The number of methoxy groups -OCH3 is 1. The summed E-state index contributed by atoms with van der Waals surface area (Å²) in [5.74, 6) is -0.736. The highest BCUT2D eigenvalue weighted by molar-refractivity contribution is 5.94. The molecule has 2 rings (SSSR count). The molecule has 0 aliphatic rings. The lowest BCUT2D eigenvalue weighted by atomic mass is 10.1. The quantitative estimate of drug-likeness (QED) is 0.742. The minimum Gasteiger partial charge on any atom is -0.483 e. The van der Waals surface area contributed by atoms with Crippen molar-refractivity contribution in [1.29, 1.82) is 0 Å². The first-order chi connectivity index (χ1) is 13.3.